The van der Waals surface area contributed by atoms with E-state index in [4.69, 9.17) is 11.6 Å². The van der Waals surface area contributed by atoms with Crippen LogP contribution in [0.3, 0.4) is 0 Å². The molecule has 0 aliphatic heterocycles. The first-order chi connectivity index (χ1) is 7.63. The van der Waals surface area contributed by atoms with Crippen LogP contribution in [-0.2, 0) is 13.5 Å². The number of nitrogens with zero attached hydrogens (tertiary/aromatic N) is 3. The van der Waals surface area contributed by atoms with E-state index in [0.29, 0.717) is 5.38 Å². The molecule has 90 valence electrons. The molecule has 1 fully saturated rings. The normalized spacial score (nSPS) is 24.8. The number of halogens is 1. The fourth-order valence-corrected chi connectivity index (χ4v) is 2.76. The van der Waals surface area contributed by atoms with E-state index in [1.54, 1.807) is 0 Å². The van der Waals surface area contributed by atoms with Crippen LogP contribution in [-0.4, -0.2) is 40.2 Å². The zero-order chi connectivity index (χ0) is 11.5. The quantitative estimate of drug-likeness (QED) is 0.735. The lowest BCUT2D eigenvalue weighted by Gasteiger charge is -2.34. The molecule has 0 bridgehead atoms. The summed E-state index contributed by atoms with van der Waals surface area (Å²) in [7, 11) is 4.15. The summed E-state index contributed by atoms with van der Waals surface area (Å²) in [6.45, 7) is 2.29. The zero-order valence-corrected chi connectivity index (χ0v) is 10.8. The molecule has 1 aliphatic carbocycles. The van der Waals surface area contributed by atoms with Gasteiger partial charge >= 0.3 is 0 Å². The summed E-state index contributed by atoms with van der Waals surface area (Å²) in [5, 5.41) is 4.61. The van der Waals surface area contributed by atoms with E-state index in [9.17, 15) is 0 Å². The molecule has 3 nitrogen and oxygen atoms in total. The largest absolute Gasteiger partial charge is 0.306 e. The van der Waals surface area contributed by atoms with E-state index >= 15 is 0 Å². The molecule has 1 heterocycles. The average Bonchev–Trinajstić information content (AvgIpc) is 2.59. The standard InChI is InChI=1S/C12H20ClN3/c1-15(8-11-5-12(13)6-11)4-3-10-7-14-16(2)9-10/h7,9,11-12H,3-6,8H2,1-2H3. The van der Waals surface area contributed by atoms with Gasteiger partial charge < -0.3 is 4.90 Å². The minimum absolute atomic E-state index is 0.441. The Labute approximate surface area is 102 Å². The SMILES string of the molecule is CN(CCc1cnn(C)c1)CC1CC(Cl)C1. The van der Waals surface area contributed by atoms with Gasteiger partial charge in [-0.05, 0) is 37.8 Å². The third-order valence-electron chi connectivity index (χ3n) is 3.29. The van der Waals surface area contributed by atoms with Gasteiger partial charge in [-0.25, -0.2) is 0 Å². The third kappa shape index (κ3) is 3.22. The van der Waals surface area contributed by atoms with Crippen LogP contribution in [0.1, 0.15) is 18.4 Å². The van der Waals surface area contributed by atoms with Gasteiger partial charge in [0.2, 0.25) is 0 Å². The maximum Gasteiger partial charge on any atom is 0.0522 e. The molecule has 0 atom stereocenters. The maximum absolute atomic E-state index is 5.97. The van der Waals surface area contributed by atoms with E-state index in [-0.39, 0.29) is 0 Å². The first-order valence-corrected chi connectivity index (χ1v) is 6.37. The molecule has 0 amide bonds. The molecule has 0 spiro atoms. The summed E-state index contributed by atoms with van der Waals surface area (Å²) < 4.78 is 1.86. The van der Waals surface area contributed by atoms with Gasteiger partial charge in [0, 0.05) is 31.7 Å². The minimum Gasteiger partial charge on any atom is -0.306 e. The smallest absolute Gasteiger partial charge is 0.0522 e. The first kappa shape index (κ1) is 11.9. The average molecular weight is 242 g/mol. The van der Waals surface area contributed by atoms with E-state index in [1.807, 2.05) is 17.9 Å². The van der Waals surface area contributed by atoms with Gasteiger partial charge in [0.15, 0.2) is 0 Å². The van der Waals surface area contributed by atoms with Gasteiger partial charge in [-0.1, -0.05) is 0 Å². The van der Waals surface area contributed by atoms with Gasteiger partial charge in [-0.3, -0.25) is 4.68 Å². The number of likely N-dealkylation sites (N-methyl/N-ethyl adjacent to an activating group) is 1. The fraction of sp³-hybridized carbons (Fsp3) is 0.750. The number of aryl methyl sites for hydroxylation is 1. The van der Waals surface area contributed by atoms with Gasteiger partial charge in [0.1, 0.15) is 0 Å². The number of alkyl halides is 1. The van der Waals surface area contributed by atoms with E-state index in [2.05, 4.69) is 23.2 Å². The van der Waals surface area contributed by atoms with Crippen LogP contribution >= 0.6 is 11.6 Å². The highest BCUT2D eigenvalue weighted by atomic mass is 35.5. The predicted molar refractivity (Wildman–Crippen MR) is 66.8 cm³/mol. The minimum atomic E-state index is 0.441. The van der Waals surface area contributed by atoms with Crippen LogP contribution < -0.4 is 0 Å². The molecule has 4 heteroatoms. The highest BCUT2D eigenvalue weighted by molar-refractivity contribution is 6.21. The Morgan fingerprint density at radius 3 is 2.88 bits per heavy atom. The second-order valence-corrected chi connectivity index (χ2v) is 5.59. The molecule has 1 aromatic heterocycles. The Hall–Kier alpha value is -0.540. The monoisotopic (exact) mass is 241 g/mol. The summed E-state index contributed by atoms with van der Waals surface area (Å²) >= 11 is 5.97. The topological polar surface area (TPSA) is 21.1 Å². The predicted octanol–water partition coefficient (Wildman–Crippen LogP) is 1.91. The first-order valence-electron chi connectivity index (χ1n) is 5.93. The number of hydrogen-bond donors (Lipinski definition) is 0. The van der Waals surface area contributed by atoms with Crippen LogP contribution in [0.25, 0.3) is 0 Å². The van der Waals surface area contributed by atoms with E-state index in [1.165, 1.54) is 24.9 Å². The molecule has 16 heavy (non-hydrogen) atoms. The lowest BCUT2D eigenvalue weighted by atomic mass is 9.84. The Morgan fingerprint density at radius 2 is 2.31 bits per heavy atom. The summed E-state index contributed by atoms with van der Waals surface area (Å²) in [4.78, 5) is 2.40. The van der Waals surface area contributed by atoms with Crippen LogP contribution in [0.5, 0.6) is 0 Å². The Bertz CT molecular complexity index is 331. The molecule has 1 saturated carbocycles. The van der Waals surface area contributed by atoms with Crippen molar-refractivity contribution in [2.45, 2.75) is 24.6 Å². The Balaban J connectivity index is 1.65. The second kappa shape index (κ2) is 5.19. The van der Waals surface area contributed by atoms with E-state index in [0.717, 1.165) is 18.9 Å². The van der Waals surface area contributed by atoms with Crippen molar-refractivity contribution in [3.8, 4) is 0 Å². The van der Waals surface area contributed by atoms with Gasteiger partial charge in [-0.15, -0.1) is 11.6 Å². The summed E-state index contributed by atoms with van der Waals surface area (Å²) in [6.07, 6.45) is 7.51. The highest BCUT2D eigenvalue weighted by Crippen LogP contribution is 2.32. The lowest BCUT2D eigenvalue weighted by Crippen LogP contribution is -2.35. The molecule has 1 aromatic rings. The van der Waals surface area contributed by atoms with Crippen molar-refractivity contribution in [1.82, 2.24) is 14.7 Å². The second-order valence-electron chi connectivity index (χ2n) is 4.97. The fourth-order valence-electron chi connectivity index (χ4n) is 2.26. The van der Waals surface area contributed by atoms with Crippen LogP contribution in [0.15, 0.2) is 12.4 Å². The lowest BCUT2D eigenvalue weighted by molar-refractivity contribution is 0.211. The van der Waals surface area contributed by atoms with Crippen LogP contribution in [0.2, 0.25) is 0 Å². The molecule has 0 aromatic carbocycles. The molecule has 0 N–H and O–H groups in total. The van der Waals surface area contributed by atoms with Gasteiger partial charge in [0.25, 0.3) is 0 Å². The van der Waals surface area contributed by atoms with Crippen molar-refractivity contribution in [1.29, 1.82) is 0 Å². The van der Waals surface area contributed by atoms with Crippen LogP contribution in [0.4, 0.5) is 0 Å². The highest BCUT2D eigenvalue weighted by Gasteiger charge is 2.27. The summed E-state index contributed by atoms with van der Waals surface area (Å²) in [5.41, 5.74) is 1.32. The molecule has 1 aliphatic rings. The van der Waals surface area contributed by atoms with Crippen molar-refractivity contribution < 1.29 is 0 Å². The molecule has 0 radical (unpaired) electrons. The molecule has 0 unspecified atom stereocenters. The maximum atomic E-state index is 5.97. The van der Waals surface area contributed by atoms with Crippen molar-refractivity contribution in [3.63, 3.8) is 0 Å². The van der Waals surface area contributed by atoms with Crippen molar-refractivity contribution in [2.24, 2.45) is 13.0 Å². The van der Waals surface area contributed by atoms with E-state index < -0.39 is 0 Å². The van der Waals surface area contributed by atoms with Gasteiger partial charge in [-0.2, -0.15) is 5.10 Å². The van der Waals surface area contributed by atoms with Gasteiger partial charge in [0.05, 0.1) is 6.20 Å². The zero-order valence-electron chi connectivity index (χ0n) is 10.1. The molecule has 0 saturated heterocycles. The van der Waals surface area contributed by atoms with Crippen molar-refractivity contribution in [3.05, 3.63) is 18.0 Å². The van der Waals surface area contributed by atoms with Crippen molar-refractivity contribution >= 4 is 11.6 Å². The van der Waals surface area contributed by atoms with Crippen LogP contribution in [0, 0.1) is 5.92 Å². The number of aromatic nitrogens is 2. The molecular formula is C12H20ClN3. The summed E-state index contributed by atoms with van der Waals surface area (Å²) in [5.74, 6) is 0.821. The number of rotatable bonds is 5. The summed E-state index contributed by atoms with van der Waals surface area (Å²) in [6, 6.07) is 0. The van der Waals surface area contributed by atoms with Crippen molar-refractivity contribution in [2.75, 3.05) is 20.1 Å². The Kier molecular flexibility index (Phi) is 3.87. The molecular weight excluding hydrogens is 222 g/mol. The Morgan fingerprint density at radius 1 is 1.56 bits per heavy atom. The number of hydrogen-bond acceptors (Lipinski definition) is 2. The molecule has 2 rings (SSSR count). The third-order valence-corrected chi connectivity index (χ3v) is 3.64.